The number of piperazine rings is 1. The molecule has 0 aromatic carbocycles. The van der Waals surface area contributed by atoms with E-state index in [0.29, 0.717) is 31.1 Å². The quantitative estimate of drug-likeness (QED) is 0.551. The summed E-state index contributed by atoms with van der Waals surface area (Å²) in [4.78, 5) is 57.1. The minimum absolute atomic E-state index is 0.0145. The molecule has 0 radical (unpaired) electrons. The molecule has 1 aliphatic carbocycles. The molecule has 2 saturated heterocycles. The number of carbonyl (C=O) groups excluding carboxylic acids is 4. The van der Waals surface area contributed by atoms with E-state index >= 15 is 0 Å². The molecule has 1 aromatic heterocycles. The van der Waals surface area contributed by atoms with Gasteiger partial charge in [-0.15, -0.1) is 11.3 Å². The molecule has 2 aliphatic heterocycles. The Labute approximate surface area is 174 Å². The summed E-state index contributed by atoms with van der Waals surface area (Å²) in [5.74, 6) is -1.19. The summed E-state index contributed by atoms with van der Waals surface area (Å²) in [6.07, 6.45) is 3.81. The van der Waals surface area contributed by atoms with Crippen molar-refractivity contribution in [2.24, 2.45) is 5.92 Å². The molecule has 3 heterocycles. The number of rotatable bonds is 4. The Kier molecular flexibility index (Phi) is 5.69. The van der Waals surface area contributed by atoms with Crippen LogP contribution in [0.3, 0.4) is 0 Å². The molecule has 29 heavy (non-hydrogen) atoms. The Balaban J connectivity index is 1.36. The zero-order valence-corrected chi connectivity index (χ0v) is 17.4. The highest BCUT2D eigenvalue weighted by Gasteiger charge is 2.49. The fourth-order valence-electron chi connectivity index (χ4n) is 4.47. The number of hydrogen-bond donors (Lipinski definition) is 0. The van der Waals surface area contributed by atoms with Gasteiger partial charge in [0.1, 0.15) is 0 Å². The lowest BCUT2D eigenvalue weighted by Gasteiger charge is -2.36. The number of thiophene rings is 1. The van der Waals surface area contributed by atoms with Crippen molar-refractivity contribution in [3.63, 3.8) is 0 Å². The third-order valence-electron chi connectivity index (χ3n) is 6.21. The first-order valence-corrected chi connectivity index (χ1v) is 11.1. The first kappa shape index (κ1) is 20.0. The molecule has 8 nitrogen and oxygen atoms in total. The number of imide groups is 2. The van der Waals surface area contributed by atoms with Crippen molar-refractivity contribution in [3.8, 4) is 0 Å². The topological polar surface area (TPSA) is 81.2 Å². The summed E-state index contributed by atoms with van der Waals surface area (Å²) in [5, 5.41) is 1.88. The molecule has 0 spiro atoms. The van der Waals surface area contributed by atoms with Crippen LogP contribution in [0, 0.1) is 5.92 Å². The van der Waals surface area contributed by atoms with Crippen LogP contribution in [0.1, 0.15) is 42.3 Å². The first-order chi connectivity index (χ1) is 14.0. The van der Waals surface area contributed by atoms with Crippen LogP contribution in [-0.2, 0) is 9.59 Å². The second-order valence-electron chi connectivity index (χ2n) is 8.05. The third-order valence-corrected chi connectivity index (χ3v) is 7.07. The fourth-order valence-corrected chi connectivity index (χ4v) is 5.16. The largest absolute Gasteiger partial charge is 0.335 e. The third kappa shape index (κ3) is 3.81. The van der Waals surface area contributed by atoms with Gasteiger partial charge in [-0.3, -0.25) is 24.2 Å². The van der Waals surface area contributed by atoms with Gasteiger partial charge in [-0.2, -0.15) is 0 Å². The highest BCUT2D eigenvalue weighted by molar-refractivity contribution is 7.12. The lowest BCUT2D eigenvalue weighted by molar-refractivity contribution is -0.145. The molecule has 2 atom stereocenters. The molecule has 5 amide bonds. The zero-order valence-electron chi connectivity index (χ0n) is 16.6. The molecule has 1 saturated carbocycles. The number of carbonyl (C=O) groups is 4. The van der Waals surface area contributed by atoms with Gasteiger partial charge >= 0.3 is 17.8 Å². The van der Waals surface area contributed by atoms with Gasteiger partial charge in [-0.25, -0.2) is 9.69 Å². The summed E-state index contributed by atoms with van der Waals surface area (Å²) in [6.45, 7) is 4.32. The van der Waals surface area contributed by atoms with Gasteiger partial charge in [-0.05, 0) is 30.2 Å². The molecule has 3 fully saturated rings. The van der Waals surface area contributed by atoms with Crippen LogP contribution < -0.4 is 0 Å². The Hall–Kier alpha value is -2.26. The predicted molar refractivity (Wildman–Crippen MR) is 107 cm³/mol. The van der Waals surface area contributed by atoms with Crippen LogP contribution in [0.2, 0.25) is 0 Å². The summed E-state index contributed by atoms with van der Waals surface area (Å²) >= 11 is 1.42. The van der Waals surface area contributed by atoms with Crippen LogP contribution in [0.5, 0.6) is 0 Å². The van der Waals surface area contributed by atoms with Crippen molar-refractivity contribution in [2.75, 3.05) is 32.8 Å². The maximum atomic E-state index is 12.9. The van der Waals surface area contributed by atoms with Gasteiger partial charge in [0.25, 0.3) is 5.91 Å². The van der Waals surface area contributed by atoms with E-state index in [-0.39, 0.29) is 24.5 Å². The summed E-state index contributed by atoms with van der Waals surface area (Å²) in [6, 6.07) is 3.00. The van der Waals surface area contributed by atoms with Gasteiger partial charge in [0, 0.05) is 32.2 Å². The number of amides is 5. The van der Waals surface area contributed by atoms with Crippen molar-refractivity contribution in [1.29, 1.82) is 0 Å². The van der Waals surface area contributed by atoms with Crippen molar-refractivity contribution in [3.05, 3.63) is 22.4 Å². The average molecular weight is 419 g/mol. The standard InChI is InChI=1S/C20H26N4O4S/c1-14-5-2-3-6-15(14)24-19(27)18(26)23(20(24)28)13-21-8-10-22(11-9-21)17(25)16-7-4-12-29-16/h4,7,12,14-15H,2-3,5-6,8-11,13H2,1H3/t14-,15+/m1/s1. The summed E-state index contributed by atoms with van der Waals surface area (Å²) < 4.78 is 0. The van der Waals surface area contributed by atoms with E-state index in [4.69, 9.17) is 0 Å². The SMILES string of the molecule is C[C@@H]1CCCC[C@@H]1N1C(=O)C(=O)N(CN2CCN(C(=O)c3cccs3)CC2)C1=O. The van der Waals surface area contributed by atoms with Crippen molar-refractivity contribution in [2.45, 2.75) is 38.6 Å². The molecule has 4 rings (SSSR count). The van der Waals surface area contributed by atoms with Crippen molar-refractivity contribution < 1.29 is 19.2 Å². The highest BCUT2D eigenvalue weighted by Crippen LogP contribution is 2.31. The number of urea groups is 1. The van der Waals surface area contributed by atoms with Crippen LogP contribution in [0.25, 0.3) is 0 Å². The fraction of sp³-hybridized carbons (Fsp3) is 0.600. The van der Waals surface area contributed by atoms with E-state index in [2.05, 4.69) is 0 Å². The molecule has 0 N–H and O–H groups in total. The van der Waals surface area contributed by atoms with Crippen LogP contribution in [-0.4, -0.2) is 82.2 Å². The molecule has 0 bridgehead atoms. The van der Waals surface area contributed by atoms with Crippen molar-refractivity contribution >= 4 is 35.1 Å². The van der Waals surface area contributed by atoms with Gasteiger partial charge < -0.3 is 4.90 Å². The summed E-state index contributed by atoms with van der Waals surface area (Å²) in [7, 11) is 0. The van der Waals surface area contributed by atoms with Gasteiger partial charge in [0.2, 0.25) is 0 Å². The molecular formula is C20H26N4O4S. The van der Waals surface area contributed by atoms with E-state index in [1.54, 1.807) is 4.90 Å². The minimum atomic E-state index is -0.732. The van der Waals surface area contributed by atoms with Gasteiger partial charge in [0.05, 0.1) is 11.5 Å². The van der Waals surface area contributed by atoms with E-state index < -0.39 is 17.8 Å². The zero-order chi connectivity index (χ0) is 20.5. The number of nitrogens with zero attached hydrogens (tertiary/aromatic N) is 4. The molecule has 1 aromatic rings. The second-order valence-corrected chi connectivity index (χ2v) is 9.00. The normalized spacial score (nSPS) is 26.5. The van der Waals surface area contributed by atoms with Crippen LogP contribution >= 0.6 is 11.3 Å². The lowest BCUT2D eigenvalue weighted by Crippen LogP contribution is -2.53. The Morgan fingerprint density at radius 1 is 1.07 bits per heavy atom. The second kappa shape index (κ2) is 8.23. The highest BCUT2D eigenvalue weighted by atomic mass is 32.1. The molecule has 156 valence electrons. The number of hydrogen-bond acceptors (Lipinski definition) is 6. The Bertz CT molecular complexity index is 803. The van der Waals surface area contributed by atoms with Crippen LogP contribution in [0.4, 0.5) is 4.79 Å². The Morgan fingerprint density at radius 3 is 2.45 bits per heavy atom. The molecule has 0 unspecified atom stereocenters. The van der Waals surface area contributed by atoms with Gasteiger partial charge in [-0.1, -0.05) is 25.8 Å². The van der Waals surface area contributed by atoms with E-state index in [1.807, 2.05) is 29.3 Å². The lowest BCUT2D eigenvalue weighted by atomic mass is 9.85. The smallest absolute Gasteiger partial charge is 0.335 e. The average Bonchev–Trinajstić information content (AvgIpc) is 3.33. The van der Waals surface area contributed by atoms with Crippen molar-refractivity contribution in [1.82, 2.24) is 19.6 Å². The maximum Gasteiger partial charge on any atom is 0.335 e. The van der Waals surface area contributed by atoms with E-state index in [1.165, 1.54) is 16.2 Å². The minimum Gasteiger partial charge on any atom is -0.335 e. The monoisotopic (exact) mass is 418 g/mol. The molecule has 3 aliphatic rings. The van der Waals surface area contributed by atoms with Crippen LogP contribution in [0.15, 0.2) is 17.5 Å². The molecular weight excluding hydrogens is 392 g/mol. The predicted octanol–water partition coefficient (Wildman–Crippen LogP) is 1.83. The van der Waals surface area contributed by atoms with E-state index in [0.717, 1.165) is 30.6 Å². The van der Waals surface area contributed by atoms with Gasteiger partial charge in [0.15, 0.2) is 0 Å². The Morgan fingerprint density at radius 2 is 1.79 bits per heavy atom. The maximum absolute atomic E-state index is 12.9. The molecule has 9 heteroatoms. The summed E-state index contributed by atoms with van der Waals surface area (Å²) in [5.41, 5.74) is 0. The van der Waals surface area contributed by atoms with E-state index in [9.17, 15) is 19.2 Å². The first-order valence-electron chi connectivity index (χ1n) is 10.2.